The lowest BCUT2D eigenvalue weighted by Gasteiger charge is -2.01. The number of benzene rings is 1. The average Bonchev–Trinajstić information content (AvgIpc) is 2.98. The van der Waals surface area contributed by atoms with Gasteiger partial charge in [-0.2, -0.15) is 0 Å². The molecule has 0 aromatic heterocycles. The highest BCUT2D eigenvalue weighted by atomic mass is 19.1. The Morgan fingerprint density at radius 1 is 1.53 bits per heavy atom. The Labute approximate surface area is 89.3 Å². The summed E-state index contributed by atoms with van der Waals surface area (Å²) in [6.45, 7) is 2.10. The molecule has 2 heteroatoms. The summed E-state index contributed by atoms with van der Waals surface area (Å²) in [6.07, 6.45) is 7.67. The van der Waals surface area contributed by atoms with E-state index in [4.69, 9.17) is 11.2 Å². The van der Waals surface area contributed by atoms with Crippen LogP contribution in [0.15, 0.2) is 18.2 Å². The van der Waals surface area contributed by atoms with Gasteiger partial charge in [0, 0.05) is 11.1 Å². The molecule has 0 amide bonds. The maximum Gasteiger partial charge on any atom is 0.123 e. The summed E-state index contributed by atoms with van der Waals surface area (Å²) in [4.78, 5) is 0. The second-order valence-corrected chi connectivity index (χ2v) is 3.76. The molecule has 1 aliphatic rings. The van der Waals surface area contributed by atoms with Gasteiger partial charge in [0.2, 0.25) is 0 Å². The third-order valence-electron chi connectivity index (χ3n) is 2.63. The molecule has 2 atom stereocenters. The molecule has 1 fully saturated rings. The zero-order valence-corrected chi connectivity index (χ0v) is 8.66. The monoisotopic (exact) mass is 204 g/mol. The summed E-state index contributed by atoms with van der Waals surface area (Å²) in [6, 6.07) is 4.50. The van der Waals surface area contributed by atoms with Crippen molar-refractivity contribution < 1.29 is 9.13 Å². The summed E-state index contributed by atoms with van der Waals surface area (Å²) in [5, 5.41) is 0. The minimum atomic E-state index is -0.255. The van der Waals surface area contributed by atoms with Crippen molar-refractivity contribution in [1.82, 2.24) is 0 Å². The highest BCUT2D eigenvalue weighted by molar-refractivity contribution is 5.43. The Bertz CT molecular complexity index is 405. The molecule has 1 aliphatic heterocycles. The lowest BCUT2D eigenvalue weighted by molar-refractivity contribution is 0.364. The maximum atomic E-state index is 13.1. The fourth-order valence-corrected chi connectivity index (χ4v) is 1.82. The fourth-order valence-electron chi connectivity index (χ4n) is 1.82. The van der Waals surface area contributed by atoms with Crippen LogP contribution in [-0.2, 0) is 4.74 Å². The van der Waals surface area contributed by atoms with Crippen LogP contribution in [0.1, 0.15) is 37.0 Å². The molecule has 2 rings (SSSR count). The van der Waals surface area contributed by atoms with Gasteiger partial charge in [-0.25, -0.2) is 4.39 Å². The van der Waals surface area contributed by atoms with Crippen molar-refractivity contribution in [2.24, 2.45) is 0 Å². The zero-order valence-electron chi connectivity index (χ0n) is 8.66. The van der Waals surface area contributed by atoms with Crippen LogP contribution in [0, 0.1) is 18.2 Å². The average molecular weight is 204 g/mol. The lowest BCUT2D eigenvalue weighted by atomic mass is 10.0. The molecular formula is C13H13FO. The summed E-state index contributed by atoms with van der Waals surface area (Å²) >= 11 is 0. The molecule has 1 aromatic carbocycles. The largest absolute Gasteiger partial charge is 0.364 e. The van der Waals surface area contributed by atoms with Gasteiger partial charge in [-0.1, -0.05) is 19.3 Å². The second kappa shape index (κ2) is 4.04. The predicted octanol–water partition coefficient (Wildman–Crippen LogP) is 3.05. The Kier molecular flexibility index (Phi) is 2.75. The first-order valence-electron chi connectivity index (χ1n) is 5.17. The molecule has 15 heavy (non-hydrogen) atoms. The van der Waals surface area contributed by atoms with Crippen molar-refractivity contribution in [3.63, 3.8) is 0 Å². The Balaban J connectivity index is 2.22. The molecule has 0 radical (unpaired) electrons. The van der Waals surface area contributed by atoms with Crippen molar-refractivity contribution in [2.45, 2.75) is 32.0 Å². The number of halogens is 1. The van der Waals surface area contributed by atoms with Gasteiger partial charge in [0.05, 0.1) is 6.10 Å². The summed E-state index contributed by atoms with van der Waals surface area (Å²) < 4.78 is 18.5. The highest BCUT2D eigenvalue weighted by Crippen LogP contribution is 2.42. The van der Waals surface area contributed by atoms with Crippen LogP contribution in [0.3, 0.4) is 0 Å². The Morgan fingerprint density at radius 3 is 3.00 bits per heavy atom. The molecule has 78 valence electrons. The van der Waals surface area contributed by atoms with E-state index in [1.807, 2.05) is 0 Å². The van der Waals surface area contributed by atoms with Crippen LogP contribution in [0.5, 0.6) is 0 Å². The molecule has 1 saturated heterocycles. The minimum Gasteiger partial charge on any atom is -0.364 e. The van der Waals surface area contributed by atoms with E-state index >= 15 is 0 Å². The first-order valence-corrected chi connectivity index (χ1v) is 5.17. The SMILES string of the molecule is C#Cc1ccc(F)cc1C1OC1CCC. The smallest absolute Gasteiger partial charge is 0.123 e. The van der Waals surface area contributed by atoms with Crippen LogP contribution in [0.2, 0.25) is 0 Å². The van der Waals surface area contributed by atoms with Crippen molar-refractivity contribution in [3.8, 4) is 12.3 Å². The molecule has 1 aromatic rings. The predicted molar refractivity (Wildman–Crippen MR) is 56.9 cm³/mol. The molecule has 1 nitrogen and oxygen atoms in total. The van der Waals surface area contributed by atoms with Gasteiger partial charge in [-0.3, -0.25) is 0 Å². The van der Waals surface area contributed by atoms with Crippen molar-refractivity contribution in [2.75, 3.05) is 0 Å². The number of hydrogen-bond acceptors (Lipinski definition) is 1. The zero-order chi connectivity index (χ0) is 10.8. The third kappa shape index (κ3) is 2.03. The maximum absolute atomic E-state index is 13.1. The summed E-state index contributed by atoms with van der Waals surface area (Å²) in [5.74, 6) is 2.31. The van der Waals surface area contributed by atoms with Crippen LogP contribution < -0.4 is 0 Å². The molecule has 2 unspecified atom stereocenters. The molecule has 1 heterocycles. The van der Waals surface area contributed by atoms with E-state index in [1.54, 1.807) is 6.07 Å². The van der Waals surface area contributed by atoms with Crippen LogP contribution >= 0.6 is 0 Å². The molecule has 0 aliphatic carbocycles. The molecule has 0 saturated carbocycles. The molecule has 0 N–H and O–H groups in total. The fraction of sp³-hybridized carbons (Fsp3) is 0.385. The van der Waals surface area contributed by atoms with Gasteiger partial charge in [0.1, 0.15) is 11.9 Å². The van der Waals surface area contributed by atoms with Gasteiger partial charge >= 0.3 is 0 Å². The lowest BCUT2D eigenvalue weighted by Crippen LogP contribution is -1.93. The van der Waals surface area contributed by atoms with Crippen molar-refractivity contribution >= 4 is 0 Å². The third-order valence-corrected chi connectivity index (χ3v) is 2.63. The summed E-state index contributed by atoms with van der Waals surface area (Å²) in [7, 11) is 0. The van der Waals surface area contributed by atoms with E-state index in [-0.39, 0.29) is 18.0 Å². The topological polar surface area (TPSA) is 12.5 Å². The van der Waals surface area contributed by atoms with Crippen LogP contribution in [-0.4, -0.2) is 6.10 Å². The number of hydrogen-bond donors (Lipinski definition) is 0. The van der Waals surface area contributed by atoms with Gasteiger partial charge in [-0.05, 0) is 24.6 Å². The Morgan fingerprint density at radius 2 is 2.33 bits per heavy atom. The number of rotatable bonds is 3. The van der Waals surface area contributed by atoms with E-state index in [0.29, 0.717) is 0 Å². The van der Waals surface area contributed by atoms with Crippen molar-refractivity contribution in [3.05, 3.63) is 35.1 Å². The van der Waals surface area contributed by atoms with Gasteiger partial charge < -0.3 is 4.74 Å². The van der Waals surface area contributed by atoms with E-state index in [1.165, 1.54) is 12.1 Å². The van der Waals surface area contributed by atoms with Crippen LogP contribution in [0.4, 0.5) is 4.39 Å². The first-order chi connectivity index (χ1) is 7.26. The van der Waals surface area contributed by atoms with Gasteiger partial charge in [0.25, 0.3) is 0 Å². The minimum absolute atomic E-state index is 0.00620. The normalized spacial score (nSPS) is 23.5. The summed E-state index contributed by atoms with van der Waals surface area (Å²) in [5.41, 5.74) is 1.55. The van der Waals surface area contributed by atoms with Gasteiger partial charge in [0.15, 0.2) is 0 Å². The second-order valence-electron chi connectivity index (χ2n) is 3.76. The quantitative estimate of drug-likeness (QED) is 0.544. The van der Waals surface area contributed by atoms with E-state index in [2.05, 4.69) is 12.8 Å². The highest BCUT2D eigenvalue weighted by Gasteiger charge is 2.40. The van der Waals surface area contributed by atoms with E-state index < -0.39 is 0 Å². The van der Waals surface area contributed by atoms with E-state index in [9.17, 15) is 4.39 Å². The molecular weight excluding hydrogens is 191 g/mol. The standard InChI is InChI=1S/C13H13FO/c1-3-5-12-13(15-12)11-8-10(14)7-6-9(11)4-2/h2,6-8,12-13H,3,5H2,1H3. The number of ether oxygens (including phenoxy) is 1. The Hall–Kier alpha value is -1.33. The molecule has 0 spiro atoms. The van der Waals surface area contributed by atoms with Crippen LogP contribution in [0.25, 0.3) is 0 Å². The van der Waals surface area contributed by atoms with E-state index in [0.717, 1.165) is 24.0 Å². The van der Waals surface area contributed by atoms with Crippen molar-refractivity contribution in [1.29, 1.82) is 0 Å². The van der Waals surface area contributed by atoms with Gasteiger partial charge in [-0.15, -0.1) is 6.42 Å². The molecule has 0 bridgehead atoms. The number of terminal acetylenes is 1. The first kappa shape index (κ1) is 10.2. The number of epoxide rings is 1.